The maximum absolute atomic E-state index is 3.75. The highest BCUT2D eigenvalue weighted by molar-refractivity contribution is 6.00. The van der Waals surface area contributed by atoms with E-state index in [0.717, 1.165) is 44.2 Å². The van der Waals surface area contributed by atoms with Gasteiger partial charge in [0.15, 0.2) is 0 Å². The molecular weight excluding hydrogens is 609 g/mol. The fourth-order valence-electron chi connectivity index (χ4n) is 7.55. The molecule has 236 valence electrons. The van der Waals surface area contributed by atoms with Gasteiger partial charge >= 0.3 is 0 Å². The second-order valence-corrected chi connectivity index (χ2v) is 12.9. The van der Waals surface area contributed by atoms with Crippen molar-refractivity contribution >= 4 is 78.2 Å². The van der Waals surface area contributed by atoms with Gasteiger partial charge in [-0.3, -0.25) is 0 Å². The normalized spacial score (nSPS) is 12.2. The highest BCUT2D eigenvalue weighted by atomic mass is 14.8. The molecule has 8 bridgehead atoms. The average Bonchev–Trinajstić information content (AvgIpc) is 3.91. The summed E-state index contributed by atoms with van der Waals surface area (Å²) in [6, 6.07) is 51.1. The largest absolute Gasteiger partial charge is 0.354 e. The standard InChI is InChI=1S/C36H24N4.C10H8/c1-2-10-22-21(9-1)29-17-31-23-11-3-4-12-24(23)33(38-31)19-35-27-15-7-8-16-28(27)36(40-35)20-34-26-14-6-5-13-25(26)32(39-34)18-30(22)37-29;1-2-6-10-8-4-3-7-9(10)5-1/h1-20,37-40H;1-8H. The first-order valence-electron chi connectivity index (χ1n) is 17.0. The van der Waals surface area contributed by atoms with Gasteiger partial charge in [0.2, 0.25) is 0 Å². The molecule has 4 aromatic heterocycles. The Hall–Kier alpha value is -6.78. The Morgan fingerprint density at radius 3 is 0.700 bits per heavy atom. The highest BCUT2D eigenvalue weighted by Gasteiger charge is 2.12. The predicted octanol–water partition coefficient (Wildman–Crippen LogP) is 8.08. The zero-order chi connectivity index (χ0) is 33.0. The average molecular weight is 641 g/mol. The molecular formula is C46H32N4. The lowest BCUT2D eigenvalue weighted by Crippen LogP contribution is -2.11. The van der Waals surface area contributed by atoms with Crippen molar-refractivity contribution in [2.45, 2.75) is 0 Å². The lowest BCUT2D eigenvalue weighted by molar-refractivity contribution is 1.25. The Morgan fingerprint density at radius 2 is 0.440 bits per heavy atom. The third kappa shape index (κ3) is 4.69. The quantitative estimate of drug-likeness (QED) is 0.130. The maximum Gasteiger partial charge on any atom is 0.0485 e. The fraction of sp³-hybridized carbons (Fsp3) is 0. The Balaban J connectivity index is 0.000000272. The first-order chi connectivity index (χ1) is 24.8. The number of fused-ring (bicyclic) bond motifs is 21. The van der Waals surface area contributed by atoms with Crippen LogP contribution in [0, 0.1) is 0 Å². The molecule has 0 radical (unpaired) electrons. The molecule has 50 heavy (non-hydrogen) atoms. The molecule has 0 saturated carbocycles. The molecule has 0 aliphatic carbocycles. The van der Waals surface area contributed by atoms with Crippen LogP contribution in [0.2, 0.25) is 0 Å². The molecule has 0 saturated heterocycles. The number of aromatic amines is 4. The van der Waals surface area contributed by atoms with Gasteiger partial charge in [0, 0.05) is 87.3 Å². The van der Waals surface area contributed by atoms with E-state index in [1.807, 2.05) is 0 Å². The van der Waals surface area contributed by atoms with Gasteiger partial charge in [-0.15, -0.1) is 0 Å². The van der Waals surface area contributed by atoms with E-state index in [0.29, 0.717) is 0 Å². The number of hydrogen-bond acceptors (Lipinski definition) is 0. The van der Waals surface area contributed by atoms with Crippen LogP contribution in [0.25, 0.3) is 78.2 Å². The molecule has 4 heteroatoms. The Bertz CT molecular complexity index is 2750. The molecule has 1 aliphatic heterocycles. The van der Waals surface area contributed by atoms with Crippen LogP contribution < -0.4 is 21.4 Å². The van der Waals surface area contributed by atoms with Gasteiger partial charge in [0.25, 0.3) is 0 Å². The van der Waals surface area contributed by atoms with Gasteiger partial charge < -0.3 is 19.9 Å². The minimum atomic E-state index is 1.09. The van der Waals surface area contributed by atoms with E-state index >= 15 is 0 Å². The third-order valence-corrected chi connectivity index (χ3v) is 9.92. The number of nitrogens with one attached hydrogen (secondary N) is 4. The van der Waals surface area contributed by atoms with Crippen molar-refractivity contribution in [2.24, 2.45) is 0 Å². The van der Waals surface area contributed by atoms with E-state index in [4.69, 9.17) is 0 Å². The van der Waals surface area contributed by atoms with Crippen LogP contribution in [-0.2, 0) is 0 Å². The number of hydrogen-bond donors (Lipinski definition) is 4. The summed E-state index contributed by atoms with van der Waals surface area (Å²) in [5.74, 6) is 0. The van der Waals surface area contributed by atoms with Crippen molar-refractivity contribution < 1.29 is 0 Å². The van der Waals surface area contributed by atoms with Gasteiger partial charge in [-0.2, -0.15) is 0 Å². The first-order valence-corrected chi connectivity index (χ1v) is 17.0. The summed E-state index contributed by atoms with van der Waals surface area (Å²) in [7, 11) is 0. The van der Waals surface area contributed by atoms with Crippen molar-refractivity contribution in [3.63, 3.8) is 0 Å². The Morgan fingerprint density at radius 1 is 0.220 bits per heavy atom. The van der Waals surface area contributed by atoms with Crippen LogP contribution in [-0.4, -0.2) is 19.9 Å². The second-order valence-electron chi connectivity index (χ2n) is 12.9. The zero-order valence-electron chi connectivity index (χ0n) is 27.2. The topological polar surface area (TPSA) is 63.2 Å². The first kappa shape index (κ1) is 28.3. The second kappa shape index (κ2) is 11.4. The molecule has 4 N–H and O–H groups in total. The van der Waals surface area contributed by atoms with Crippen LogP contribution in [0.4, 0.5) is 0 Å². The SMILES string of the molecule is C1=c2[nH]c(c3ccccc23)=Cc2[nH]c(c3ccccc23)C=c2[nH]c(c3ccccc23)=Cc2[nH]c1c1ccccc21.c1ccc2ccccc2c1. The minimum Gasteiger partial charge on any atom is -0.354 e. The van der Waals surface area contributed by atoms with Crippen molar-refractivity contribution in [1.82, 2.24) is 19.9 Å². The molecule has 6 aromatic carbocycles. The van der Waals surface area contributed by atoms with E-state index in [2.05, 4.69) is 190 Å². The Labute approximate surface area is 287 Å². The molecule has 0 fully saturated rings. The van der Waals surface area contributed by atoms with Crippen molar-refractivity contribution in [1.29, 1.82) is 0 Å². The van der Waals surface area contributed by atoms with E-state index in [-0.39, 0.29) is 0 Å². The summed E-state index contributed by atoms with van der Waals surface area (Å²) in [4.78, 5) is 15.0. The van der Waals surface area contributed by atoms with Gasteiger partial charge in [-0.1, -0.05) is 146 Å². The van der Waals surface area contributed by atoms with E-state index in [1.54, 1.807) is 0 Å². The summed E-state index contributed by atoms with van der Waals surface area (Å²) in [5, 5.41) is 16.6. The van der Waals surface area contributed by atoms with E-state index < -0.39 is 0 Å². The van der Waals surface area contributed by atoms with E-state index in [1.165, 1.54) is 53.9 Å². The van der Waals surface area contributed by atoms with Crippen molar-refractivity contribution in [2.75, 3.05) is 0 Å². The van der Waals surface area contributed by atoms with Gasteiger partial charge in [0.1, 0.15) is 0 Å². The summed E-state index contributed by atoms with van der Waals surface area (Å²) in [5.41, 5.74) is 4.34. The molecule has 0 amide bonds. The van der Waals surface area contributed by atoms with Crippen LogP contribution in [0.15, 0.2) is 146 Å². The monoisotopic (exact) mass is 640 g/mol. The van der Waals surface area contributed by atoms with Gasteiger partial charge in [-0.05, 0) is 35.1 Å². The molecule has 0 unspecified atom stereocenters. The molecule has 1 aliphatic rings. The van der Waals surface area contributed by atoms with Crippen LogP contribution in [0.1, 0.15) is 22.8 Å². The summed E-state index contributed by atoms with van der Waals surface area (Å²) < 4.78 is 0. The molecule has 0 atom stereocenters. The lowest BCUT2D eigenvalue weighted by Gasteiger charge is -1.92. The van der Waals surface area contributed by atoms with Crippen molar-refractivity contribution in [3.8, 4) is 0 Å². The summed E-state index contributed by atoms with van der Waals surface area (Å²) in [6.45, 7) is 0. The van der Waals surface area contributed by atoms with Crippen LogP contribution >= 0.6 is 0 Å². The molecule has 11 rings (SSSR count). The smallest absolute Gasteiger partial charge is 0.0485 e. The highest BCUT2D eigenvalue weighted by Crippen LogP contribution is 2.26. The minimum absolute atomic E-state index is 1.09. The van der Waals surface area contributed by atoms with Crippen LogP contribution in [0.3, 0.4) is 0 Å². The predicted molar refractivity (Wildman–Crippen MR) is 210 cm³/mol. The summed E-state index contributed by atoms with van der Waals surface area (Å²) in [6.07, 6.45) is 8.98. The molecule has 4 nitrogen and oxygen atoms in total. The third-order valence-electron chi connectivity index (χ3n) is 9.92. The van der Waals surface area contributed by atoms with Gasteiger partial charge in [0.05, 0.1) is 0 Å². The van der Waals surface area contributed by atoms with E-state index in [9.17, 15) is 0 Å². The van der Waals surface area contributed by atoms with Gasteiger partial charge in [-0.25, -0.2) is 0 Å². The lowest BCUT2D eigenvalue weighted by atomic mass is 10.1. The molecule has 0 spiro atoms. The summed E-state index contributed by atoms with van der Waals surface area (Å²) >= 11 is 0. The zero-order valence-corrected chi connectivity index (χ0v) is 27.2. The Kier molecular flexibility index (Phi) is 6.46. The number of H-pyrrole nitrogens is 4. The molecule has 10 aromatic rings. The number of benzene rings is 6. The van der Waals surface area contributed by atoms with Crippen LogP contribution in [0.5, 0.6) is 0 Å². The fourth-order valence-corrected chi connectivity index (χ4v) is 7.55. The molecule has 5 heterocycles. The maximum atomic E-state index is 3.75. The number of aromatic nitrogens is 4. The van der Waals surface area contributed by atoms with Crippen molar-refractivity contribution in [3.05, 3.63) is 190 Å². The number of rotatable bonds is 0.